The lowest BCUT2D eigenvalue weighted by Gasteiger charge is -2.27. The van der Waals surface area contributed by atoms with Crippen molar-refractivity contribution >= 4 is 0 Å². The summed E-state index contributed by atoms with van der Waals surface area (Å²) in [4.78, 5) is 0. The van der Waals surface area contributed by atoms with Gasteiger partial charge in [-0.1, -0.05) is 13.8 Å². The molecule has 0 spiro atoms. The predicted molar refractivity (Wildman–Crippen MR) is 109 cm³/mol. The number of fused-ring (bicyclic) bond motifs is 8. The second kappa shape index (κ2) is 6.87. The van der Waals surface area contributed by atoms with Crippen LogP contribution in [0.25, 0.3) is 11.1 Å². The van der Waals surface area contributed by atoms with Crippen LogP contribution in [0.2, 0.25) is 0 Å². The third-order valence-corrected chi connectivity index (χ3v) is 6.66. The van der Waals surface area contributed by atoms with E-state index >= 15 is 0 Å². The number of ether oxygens (including phenoxy) is 7. The molecule has 0 saturated carbocycles. The minimum Gasteiger partial charge on any atom is -0.493 e. The average Bonchev–Trinajstić information content (AvgIpc) is 3.31. The number of benzene rings is 2. The highest BCUT2D eigenvalue weighted by Crippen LogP contribution is 2.64. The van der Waals surface area contributed by atoms with Crippen molar-refractivity contribution in [3.05, 3.63) is 23.3 Å². The molecule has 1 saturated heterocycles. The summed E-state index contributed by atoms with van der Waals surface area (Å²) in [7, 11) is 6.50. The zero-order chi connectivity index (χ0) is 21.2. The molecule has 160 valence electrons. The molecule has 0 N–H and O–H groups in total. The Morgan fingerprint density at radius 2 is 1.33 bits per heavy atom. The van der Waals surface area contributed by atoms with E-state index in [0.717, 1.165) is 22.3 Å². The van der Waals surface area contributed by atoms with Crippen LogP contribution < -0.4 is 28.4 Å². The Morgan fingerprint density at radius 3 is 1.93 bits per heavy atom. The van der Waals surface area contributed by atoms with Crippen molar-refractivity contribution in [3.8, 4) is 45.6 Å². The summed E-state index contributed by atoms with van der Waals surface area (Å²) in [5, 5.41) is 0. The van der Waals surface area contributed by atoms with E-state index in [9.17, 15) is 0 Å². The van der Waals surface area contributed by atoms with Crippen LogP contribution in [0, 0.1) is 11.8 Å². The maximum Gasteiger partial charge on any atom is 0.231 e. The average molecular weight is 414 g/mol. The molecule has 0 aromatic heterocycles. The van der Waals surface area contributed by atoms with Gasteiger partial charge in [-0.05, 0) is 35.1 Å². The summed E-state index contributed by atoms with van der Waals surface area (Å²) in [6.45, 7) is 4.60. The Kier molecular flexibility index (Phi) is 4.39. The minimum absolute atomic E-state index is 0.113. The molecular weight excluding hydrogens is 388 g/mol. The van der Waals surface area contributed by atoms with Crippen LogP contribution in [0.15, 0.2) is 12.1 Å². The molecule has 7 nitrogen and oxygen atoms in total. The molecule has 2 aromatic carbocycles. The first-order chi connectivity index (χ1) is 14.5. The van der Waals surface area contributed by atoms with Gasteiger partial charge < -0.3 is 33.2 Å². The smallest absolute Gasteiger partial charge is 0.231 e. The van der Waals surface area contributed by atoms with Crippen molar-refractivity contribution in [1.29, 1.82) is 0 Å². The van der Waals surface area contributed by atoms with Crippen LogP contribution >= 0.6 is 0 Å². The topological polar surface area (TPSA) is 64.6 Å². The second-order valence-corrected chi connectivity index (χ2v) is 7.91. The molecule has 7 heteroatoms. The van der Waals surface area contributed by atoms with E-state index in [1.165, 1.54) is 0 Å². The first kappa shape index (κ1) is 19.2. The monoisotopic (exact) mass is 414 g/mol. The summed E-state index contributed by atoms with van der Waals surface area (Å²) in [5.74, 6) is 4.18. The third kappa shape index (κ3) is 2.35. The predicted octanol–water partition coefficient (Wildman–Crippen LogP) is 4.51. The number of methoxy groups -OCH3 is 4. The van der Waals surface area contributed by atoms with Gasteiger partial charge in [-0.15, -0.1) is 0 Å². The van der Waals surface area contributed by atoms with Gasteiger partial charge in [0.15, 0.2) is 23.0 Å². The fourth-order valence-electron chi connectivity index (χ4n) is 5.04. The van der Waals surface area contributed by atoms with Crippen LogP contribution in [0.1, 0.15) is 37.2 Å². The molecule has 1 fully saturated rings. The highest BCUT2D eigenvalue weighted by Gasteiger charge is 2.48. The van der Waals surface area contributed by atoms with Crippen molar-refractivity contribution in [1.82, 2.24) is 0 Å². The van der Waals surface area contributed by atoms with E-state index in [1.54, 1.807) is 28.4 Å². The van der Waals surface area contributed by atoms with E-state index in [1.807, 2.05) is 12.1 Å². The van der Waals surface area contributed by atoms with Gasteiger partial charge in [0, 0.05) is 11.1 Å². The Labute approximate surface area is 175 Å². The lowest BCUT2D eigenvalue weighted by molar-refractivity contribution is 0.0312. The molecule has 3 aliphatic heterocycles. The van der Waals surface area contributed by atoms with Crippen LogP contribution in [0.3, 0.4) is 0 Å². The summed E-state index contributed by atoms with van der Waals surface area (Å²) >= 11 is 0. The first-order valence-electron chi connectivity index (χ1n) is 10.0. The number of rotatable bonds is 4. The molecule has 2 aromatic rings. The lowest BCUT2D eigenvalue weighted by atomic mass is 9.77. The maximum absolute atomic E-state index is 6.63. The maximum atomic E-state index is 6.63. The quantitative estimate of drug-likeness (QED) is 0.729. The molecule has 2 bridgehead atoms. The fraction of sp³-hybridized carbons (Fsp3) is 0.478. The van der Waals surface area contributed by atoms with Crippen molar-refractivity contribution in [2.45, 2.75) is 26.1 Å². The Morgan fingerprint density at radius 1 is 0.733 bits per heavy atom. The Bertz CT molecular complexity index is 1020. The SMILES string of the molecule is COc1cc2c(c(OC)c1OC)-c1c(cc3c(c1OC)OCO3)[C@@H]1O[C@@H]2[C@H](C)[C@@H]1C. The van der Waals surface area contributed by atoms with Crippen LogP contribution in [-0.4, -0.2) is 35.2 Å². The first-order valence-corrected chi connectivity index (χ1v) is 10.0. The third-order valence-electron chi connectivity index (χ3n) is 6.66. The molecule has 3 aliphatic rings. The van der Waals surface area contributed by atoms with Crippen molar-refractivity contribution in [3.63, 3.8) is 0 Å². The van der Waals surface area contributed by atoms with Gasteiger partial charge in [-0.25, -0.2) is 0 Å². The zero-order valence-corrected chi connectivity index (χ0v) is 18.0. The van der Waals surface area contributed by atoms with E-state index in [0.29, 0.717) is 46.3 Å². The number of hydrogen-bond acceptors (Lipinski definition) is 7. The molecule has 0 unspecified atom stereocenters. The summed E-state index contributed by atoms with van der Waals surface area (Å²) < 4.78 is 41.2. The van der Waals surface area contributed by atoms with Gasteiger partial charge in [0.05, 0.1) is 40.6 Å². The van der Waals surface area contributed by atoms with Gasteiger partial charge in [0.25, 0.3) is 0 Å². The standard InChI is InChI=1S/C23H26O7/c1-10-11(2)19-13-8-15-21(29-9-28-15)23(27-6)17(13)16-12(18(10)30-19)7-14(24-3)20(25-4)22(16)26-5/h7-8,10-11,18-19H,9H2,1-6H3/t10-,11+,18-,19-/m1/s1. The molecule has 5 rings (SSSR count). The van der Waals surface area contributed by atoms with Gasteiger partial charge in [0.2, 0.25) is 18.3 Å². The van der Waals surface area contributed by atoms with E-state index in [-0.39, 0.29) is 19.0 Å². The zero-order valence-electron chi connectivity index (χ0n) is 18.0. The van der Waals surface area contributed by atoms with E-state index < -0.39 is 0 Å². The summed E-state index contributed by atoms with van der Waals surface area (Å²) in [6.07, 6.45) is -0.236. The fourth-order valence-corrected chi connectivity index (χ4v) is 5.04. The molecule has 0 aliphatic carbocycles. The van der Waals surface area contributed by atoms with Gasteiger partial charge in [0.1, 0.15) is 0 Å². The van der Waals surface area contributed by atoms with Gasteiger partial charge in [-0.2, -0.15) is 0 Å². The Hall–Kier alpha value is -2.80. The van der Waals surface area contributed by atoms with Crippen LogP contribution in [-0.2, 0) is 4.74 Å². The lowest BCUT2D eigenvalue weighted by Crippen LogP contribution is -2.15. The van der Waals surface area contributed by atoms with Crippen molar-refractivity contribution < 1.29 is 33.2 Å². The normalized spacial score (nSPS) is 25.3. The van der Waals surface area contributed by atoms with Crippen LogP contribution in [0.4, 0.5) is 0 Å². The highest BCUT2D eigenvalue weighted by molar-refractivity contribution is 5.89. The van der Waals surface area contributed by atoms with Gasteiger partial charge >= 0.3 is 0 Å². The van der Waals surface area contributed by atoms with Crippen molar-refractivity contribution in [2.75, 3.05) is 35.2 Å². The highest BCUT2D eigenvalue weighted by atomic mass is 16.7. The molecule has 30 heavy (non-hydrogen) atoms. The molecular formula is C23H26O7. The number of hydrogen-bond donors (Lipinski definition) is 0. The Balaban J connectivity index is 1.94. The van der Waals surface area contributed by atoms with E-state index in [2.05, 4.69) is 13.8 Å². The molecule has 3 heterocycles. The molecule has 4 atom stereocenters. The summed E-state index contributed by atoms with van der Waals surface area (Å²) in [5.41, 5.74) is 3.76. The minimum atomic E-state index is -0.123. The van der Waals surface area contributed by atoms with Gasteiger partial charge in [-0.3, -0.25) is 0 Å². The largest absolute Gasteiger partial charge is 0.493 e. The van der Waals surface area contributed by atoms with Crippen molar-refractivity contribution in [2.24, 2.45) is 11.8 Å². The van der Waals surface area contributed by atoms with Crippen LogP contribution in [0.5, 0.6) is 34.5 Å². The summed E-state index contributed by atoms with van der Waals surface area (Å²) in [6, 6.07) is 4.01. The molecule has 0 radical (unpaired) electrons. The molecule has 0 amide bonds. The second-order valence-electron chi connectivity index (χ2n) is 7.91. The van der Waals surface area contributed by atoms with E-state index in [4.69, 9.17) is 33.2 Å².